The summed E-state index contributed by atoms with van der Waals surface area (Å²) in [5.41, 5.74) is 9.95. The molecular formula is C30H16BrNS. The fraction of sp³-hybridized carbons (Fsp3) is 0.0333. The number of halogens is 1. The van der Waals surface area contributed by atoms with Gasteiger partial charge in [-0.05, 0) is 69.8 Å². The lowest BCUT2D eigenvalue weighted by molar-refractivity contribution is 0.792. The van der Waals surface area contributed by atoms with Crippen molar-refractivity contribution in [2.24, 2.45) is 0 Å². The van der Waals surface area contributed by atoms with Gasteiger partial charge < -0.3 is 0 Å². The molecule has 0 bridgehead atoms. The summed E-state index contributed by atoms with van der Waals surface area (Å²) in [5.74, 6) is 0. The van der Waals surface area contributed by atoms with Gasteiger partial charge in [0.1, 0.15) is 0 Å². The average Bonchev–Trinajstić information content (AvgIpc) is 3.46. The first kappa shape index (κ1) is 18.2. The van der Waals surface area contributed by atoms with Gasteiger partial charge in [0.2, 0.25) is 0 Å². The third kappa shape index (κ3) is 2.11. The molecule has 0 saturated heterocycles. The summed E-state index contributed by atoms with van der Waals surface area (Å²) in [6, 6.07) is 33.6. The van der Waals surface area contributed by atoms with Gasteiger partial charge in [-0.3, -0.25) is 4.98 Å². The lowest BCUT2D eigenvalue weighted by Crippen LogP contribution is -2.25. The standard InChI is InChI=1S/C30H16BrNS/c31-17-11-12-20-25(14-17)30(24-9-5-13-32-29(20)24)23-8-3-1-6-18(23)21-16-28-22(15-26(21)30)19-7-2-4-10-27(19)33-28/h1-16H. The third-order valence-electron chi connectivity index (χ3n) is 7.39. The van der Waals surface area contributed by atoms with Gasteiger partial charge >= 0.3 is 0 Å². The number of aromatic nitrogens is 1. The fourth-order valence-electron chi connectivity index (χ4n) is 6.18. The van der Waals surface area contributed by atoms with Gasteiger partial charge in [0.15, 0.2) is 0 Å². The highest BCUT2D eigenvalue weighted by Crippen LogP contribution is 2.63. The van der Waals surface area contributed by atoms with E-state index in [-0.39, 0.29) is 5.41 Å². The lowest BCUT2D eigenvalue weighted by Gasteiger charge is -2.30. The Balaban J connectivity index is 1.61. The van der Waals surface area contributed by atoms with Gasteiger partial charge in [0.05, 0.1) is 11.1 Å². The molecule has 0 radical (unpaired) electrons. The summed E-state index contributed by atoms with van der Waals surface area (Å²) in [4.78, 5) is 4.88. The van der Waals surface area contributed by atoms with E-state index in [9.17, 15) is 0 Å². The molecule has 1 spiro atoms. The third-order valence-corrected chi connectivity index (χ3v) is 9.02. The molecular weight excluding hydrogens is 486 g/mol. The van der Waals surface area contributed by atoms with Crippen molar-refractivity contribution < 1.29 is 0 Å². The van der Waals surface area contributed by atoms with Crippen molar-refractivity contribution in [3.8, 4) is 22.4 Å². The van der Waals surface area contributed by atoms with E-state index in [2.05, 4.69) is 107 Å². The SMILES string of the molecule is Brc1ccc2c(c1)C1(c3ccccc3-c3cc4sc5ccccc5c4cc31)c1cccnc1-2. The zero-order valence-electron chi connectivity index (χ0n) is 17.5. The number of fused-ring (bicyclic) bond motifs is 13. The second-order valence-corrected chi connectivity index (χ2v) is 10.9. The van der Waals surface area contributed by atoms with Crippen LogP contribution in [0.2, 0.25) is 0 Å². The summed E-state index contributed by atoms with van der Waals surface area (Å²) in [7, 11) is 0. The second-order valence-electron chi connectivity index (χ2n) is 8.88. The Labute approximate surface area is 203 Å². The Morgan fingerprint density at radius 3 is 2.39 bits per heavy atom. The number of hydrogen-bond acceptors (Lipinski definition) is 2. The number of hydrogen-bond donors (Lipinski definition) is 0. The van der Waals surface area contributed by atoms with Crippen molar-refractivity contribution in [2.45, 2.75) is 5.41 Å². The van der Waals surface area contributed by atoms with Crippen LogP contribution >= 0.6 is 27.3 Å². The topological polar surface area (TPSA) is 12.9 Å². The molecule has 0 aliphatic heterocycles. The molecule has 1 nitrogen and oxygen atoms in total. The molecule has 0 amide bonds. The van der Waals surface area contributed by atoms with E-state index < -0.39 is 0 Å². The van der Waals surface area contributed by atoms with Crippen molar-refractivity contribution in [2.75, 3.05) is 0 Å². The van der Waals surface area contributed by atoms with E-state index in [4.69, 9.17) is 4.98 Å². The molecule has 2 heterocycles. The number of rotatable bonds is 0. The van der Waals surface area contributed by atoms with Gasteiger partial charge in [0, 0.05) is 36.4 Å². The van der Waals surface area contributed by atoms with Crippen molar-refractivity contribution >= 4 is 47.4 Å². The molecule has 1 atom stereocenters. The fourth-order valence-corrected chi connectivity index (χ4v) is 7.66. The quantitative estimate of drug-likeness (QED) is 0.202. The predicted molar refractivity (Wildman–Crippen MR) is 141 cm³/mol. The molecule has 2 aliphatic rings. The van der Waals surface area contributed by atoms with Crippen LogP contribution in [0.1, 0.15) is 22.3 Å². The van der Waals surface area contributed by atoms with Crippen molar-refractivity contribution in [3.05, 3.63) is 124 Å². The highest BCUT2D eigenvalue weighted by Gasteiger charge is 2.52. The summed E-state index contributed by atoms with van der Waals surface area (Å²) in [5, 5.41) is 2.68. The molecule has 33 heavy (non-hydrogen) atoms. The summed E-state index contributed by atoms with van der Waals surface area (Å²) in [6.07, 6.45) is 1.92. The van der Waals surface area contributed by atoms with Crippen LogP contribution in [0.4, 0.5) is 0 Å². The average molecular weight is 502 g/mol. The smallest absolute Gasteiger partial charge is 0.0753 e. The Morgan fingerprint density at radius 1 is 0.606 bits per heavy atom. The van der Waals surface area contributed by atoms with E-state index in [0.717, 1.165) is 10.2 Å². The predicted octanol–water partition coefficient (Wildman–Crippen LogP) is 8.56. The summed E-state index contributed by atoms with van der Waals surface area (Å²) in [6.45, 7) is 0. The highest BCUT2D eigenvalue weighted by atomic mass is 79.9. The molecule has 8 rings (SSSR count). The molecule has 3 heteroatoms. The summed E-state index contributed by atoms with van der Waals surface area (Å²) >= 11 is 5.65. The second kappa shape index (κ2) is 6.19. The van der Waals surface area contributed by atoms with Crippen LogP contribution < -0.4 is 0 Å². The van der Waals surface area contributed by atoms with Crippen LogP contribution in [-0.2, 0) is 5.41 Å². The van der Waals surface area contributed by atoms with Crippen molar-refractivity contribution in [1.29, 1.82) is 0 Å². The van der Waals surface area contributed by atoms with E-state index in [1.54, 1.807) is 0 Å². The minimum Gasteiger partial charge on any atom is -0.256 e. The summed E-state index contributed by atoms with van der Waals surface area (Å²) < 4.78 is 3.79. The normalized spacial score (nSPS) is 17.4. The van der Waals surface area contributed by atoms with Crippen LogP contribution in [-0.4, -0.2) is 4.98 Å². The Hall–Kier alpha value is -3.27. The van der Waals surface area contributed by atoms with Gasteiger partial charge in [-0.15, -0.1) is 11.3 Å². The molecule has 6 aromatic rings. The minimum atomic E-state index is -0.355. The lowest BCUT2D eigenvalue weighted by atomic mass is 9.70. The molecule has 0 saturated carbocycles. The Morgan fingerprint density at radius 2 is 1.42 bits per heavy atom. The number of nitrogens with zero attached hydrogens (tertiary/aromatic N) is 1. The zero-order valence-corrected chi connectivity index (χ0v) is 19.9. The minimum absolute atomic E-state index is 0.355. The van der Waals surface area contributed by atoms with E-state index in [1.807, 2.05) is 17.5 Å². The maximum absolute atomic E-state index is 4.88. The van der Waals surface area contributed by atoms with Crippen molar-refractivity contribution in [1.82, 2.24) is 4.98 Å². The maximum Gasteiger partial charge on any atom is 0.0753 e. The molecule has 1 unspecified atom stereocenters. The van der Waals surface area contributed by atoms with Crippen molar-refractivity contribution in [3.63, 3.8) is 0 Å². The molecule has 4 aromatic carbocycles. The maximum atomic E-state index is 4.88. The monoisotopic (exact) mass is 501 g/mol. The first-order chi connectivity index (χ1) is 16.3. The molecule has 2 aromatic heterocycles. The molecule has 0 N–H and O–H groups in total. The number of thiophene rings is 1. The largest absolute Gasteiger partial charge is 0.256 e. The number of pyridine rings is 1. The zero-order chi connectivity index (χ0) is 21.7. The van der Waals surface area contributed by atoms with E-state index in [1.165, 1.54) is 59.1 Å². The van der Waals surface area contributed by atoms with Crippen LogP contribution in [0.25, 0.3) is 42.6 Å². The molecule has 154 valence electrons. The Kier molecular flexibility index (Phi) is 3.41. The first-order valence-electron chi connectivity index (χ1n) is 11.1. The van der Waals surface area contributed by atoms with E-state index in [0.29, 0.717) is 0 Å². The van der Waals surface area contributed by atoms with Crippen LogP contribution in [0.3, 0.4) is 0 Å². The van der Waals surface area contributed by atoms with Crippen LogP contribution in [0, 0.1) is 0 Å². The van der Waals surface area contributed by atoms with Gasteiger partial charge in [0.25, 0.3) is 0 Å². The van der Waals surface area contributed by atoms with Gasteiger partial charge in [-0.25, -0.2) is 0 Å². The van der Waals surface area contributed by atoms with E-state index >= 15 is 0 Å². The Bertz CT molecular complexity index is 1800. The number of benzene rings is 4. The molecule has 0 fully saturated rings. The molecule has 2 aliphatic carbocycles. The highest BCUT2D eigenvalue weighted by molar-refractivity contribution is 9.10. The van der Waals surface area contributed by atoms with Gasteiger partial charge in [-0.1, -0.05) is 70.5 Å². The van der Waals surface area contributed by atoms with Gasteiger partial charge in [-0.2, -0.15) is 0 Å². The van der Waals surface area contributed by atoms with Crippen LogP contribution in [0.15, 0.2) is 102 Å². The van der Waals surface area contributed by atoms with Crippen LogP contribution in [0.5, 0.6) is 0 Å². The first-order valence-corrected chi connectivity index (χ1v) is 12.7.